The fourth-order valence-corrected chi connectivity index (χ4v) is 2.18. The third-order valence-electron chi connectivity index (χ3n) is 2.97. The standard InChI is InChI=1S/C15H25NO/c1-12(16-13(2)11-14(3)17)9-10-15-7-5-4-6-8-15/h4-8,12-14,16-17H,9-11H2,1-3H3. The van der Waals surface area contributed by atoms with Crippen molar-refractivity contribution in [3.05, 3.63) is 35.9 Å². The number of rotatable bonds is 7. The Labute approximate surface area is 105 Å². The van der Waals surface area contributed by atoms with E-state index in [2.05, 4.69) is 49.5 Å². The number of nitrogens with one attached hydrogen (secondary N) is 1. The molecule has 0 heterocycles. The highest BCUT2D eigenvalue weighted by Crippen LogP contribution is 2.06. The van der Waals surface area contributed by atoms with Crippen LogP contribution in [0, 0.1) is 0 Å². The van der Waals surface area contributed by atoms with Crippen molar-refractivity contribution in [1.29, 1.82) is 0 Å². The molecule has 2 N–H and O–H groups in total. The van der Waals surface area contributed by atoms with Crippen molar-refractivity contribution in [2.45, 2.75) is 58.2 Å². The van der Waals surface area contributed by atoms with Crippen LogP contribution in [0.2, 0.25) is 0 Å². The second kappa shape index (κ2) is 7.46. The minimum atomic E-state index is -0.223. The number of aliphatic hydroxyl groups excluding tert-OH is 1. The predicted octanol–water partition coefficient (Wildman–Crippen LogP) is 2.76. The Morgan fingerprint density at radius 3 is 2.29 bits per heavy atom. The van der Waals surface area contributed by atoms with Crippen molar-refractivity contribution >= 4 is 0 Å². The summed E-state index contributed by atoms with van der Waals surface area (Å²) in [7, 11) is 0. The van der Waals surface area contributed by atoms with Crippen molar-refractivity contribution in [2.24, 2.45) is 0 Å². The van der Waals surface area contributed by atoms with E-state index in [1.807, 2.05) is 6.92 Å². The van der Waals surface area contributed by atoms with E-state index >= 15 is 0 Å². The summed E-state index contributed by atoms with van der Waals surface area (Å²) < 4.78 is 0. The molecule has 0 spiro atoms. The van der Waals surface area contributed by atoms with Gasteiger partial charge in [-0.25, -0.2) is 0 Å². The van der Waals surface area contributed by atoms with Crippen molar-refractivity contribution in [1.82, 2.24) is 5.32 Å². The van der Waals surface area contributed by atoms with E-state index in [9.17, 15) is 5.11 Å². The predicted molar refractivity (Wildman–Crippen MR) is 73.1 cm³/mol. The lowest BCUT2D eigenvalue weighted by Gasteiger charge is -2.21. The fourth-order valence-electron chi connectivity index (χ4n) is 2.18. The van der Waals surface area contributed by atoms with E-state index in [1.54, 1.807) is 0 Å². The third kappa shape index (κ3) is 6.44. The Morgan fingerprint density at radius 1 is 1.06 bits per heavy atom. The first kappa shape index (κ1) is 14.2. The first-order valence-corrected chi connectivity index (χ1v) is 6.56. The largest absolute Gasteiger partial charge is 0.393 e. The molecule has 17 heavy (non-hydrogen) atoms. The van der Waals surface area contributed by atoms with Crippen molar-refractivity contribution in [3.63, 3.8) is 0 Å². The summed E-state index contributed by atoms with van der Waals surface area (Å²) in [5, 5.41) is 12.8. The number of aryl methyl sites for hydroxylation is 1. The summed E-state index contributed by atoms with van der Waals surface area (Å²) >= 11 is 0. The molecule has 0 saturated carbocycles. The molecule has 2 nitrogen and oxygen atoms in total. The van der Waals surface area contributed by atoms with Crippen LogP contribution in [-0.2, 0) is 6.42 Å². The molecule has 3 unspecified atom stereocenters. The van der Waals surface area contributed by atoms with E-state index < -0.39 is 0 Å². The monoisotopic (exact) mass is 235 g/mol. The van der Waals surface area contributed by atoms with Crippen LogP contribution in [0.15, 0.2) is 30.3 Å². The van der Waals surface area contributed by atoms with Gasteiger partial charge in [-0.2, -0.15) is 0 Å². The van der Waals surface area contributed by atoms with Gasteiger partial charge in [-0.15, -0.1) is 0 Å². The van der Waals surface area contributed by atoms with E-state index in [-0.39, 0.29) is 6.10 Å². The van der Waals surface area contributed by atoms with Gasteiger partial charge in [-0.05, 0) is 45.6 Å². The van der Waals surface area contributed by atoms with Gasteiger partial charge in [0.1, 0.15) is 0 Å². The second-order valence-electron chi connectivity index (χ2n) is 5.08. The third-order valence-corrected chi connectivity index (χ3v) is 2.97. The molecular weight excluding hydrogens is 210 g/mol. The summed E-state index contributed by atoms with van der Waals surface area (Å²) in [5.41, 5.74) is 1.39. The van der Waals surface area contributed by atoms with Crippen LogP contribution in [0.5, 0.6) is 0 Å². The average Bonchev–Trinajstić information content (AvgIpc) is 2.26. The minimum Gasteiger partial charge on any atom is -0.393 e. The maximum atomic E-state index is 9.30. The SMILES string of the molecule is CC(O)CC(C)NC(C)CCc1ccccc1. The number of hydrogen-bond donors (Lipinski definition) is 2. The number of benzene rings is 1. The summed E-state index contributed by atoms with van der Waals surface area (Å²) in [6.07, 6.45) is 2.83. The van der Waals surface area contributed by atoms with Crippen molar-refractivity contribution < 1.29 is 5.11 Å². The Morgan fingerprint density at radius 2 is 1.71 bits per heavy atom. The summed E-state index contributed by atoms with van der Waals surface area (Å²) in [4.78, 5) is 0. The van der Waals surface area contributed by atoms with Crippen LogP contribution < -0.4 is 5.32 Å². The average molecular weight is 235 g/mol. The minimum absolute atomic E-state index is 0.223. The molecule has 2 heteroatoms. The Hall–Kier alpha value is -0.860. The highest BCUT2D eigenvalue weighted by molar-refractivity contribution is 5.14. The van der Waals surface area contributed by atoms with Crippen LogP contribution in [0.4, 0.5) is 0 Å². The quantitative estimate of drug-likeness (QED) is 0.761. The zero-order valence-corrected chi connectivity index (χ0v) is 11.2. The molecule has 0 fully saturated rings. The number of hydrogen-bond acceptors (Lipinski definition) is 2. The molecule has 0 aliphatic rings. The lowest BCUT2D eigenvalue weighted by Crippen LogP contribution is -2.36. The highest BCUT2D eigenvalue weighted by atomic mass is 16.3. The molecule has 1 aromatic carbocycles. The summed E-state index contributed by atoms with van der Waals surface area (Å²) in [6, 6.07) is 11.4. The van der Waals surface area contributed by atoms with Crippen molar-refractivity contribution in [3.8, 4) is 0 Å². The fraction of sp³-hybridized carbons (Fsp3) is 0.600. The van der Waals surface area contributed by atoms with Crippen LogP contribution >= 0.6 is 0 Å². The Kier molecular flexibility index (Phi) is 6.23. The van der Waals surface area contributed by atoms with Gasteiger partial charge >= 0.3 is 0 Å². The van der Waals surface area contributed by atoms with E-state index in [0.29, 0.717) is 12.1 Å². The lowest BCUT2D eigenvalue weighted by atomic mass is 10.0. The van der Waals surface area contributed by atoms with Gasteiger partial charge in [0.2, 0.25) is 0 Å². The molecule has 0 aliphatic carbocycles. The van der Waals surface area contributed by atoms with Gasteiger partial charge in [0.05, 0.1) is 6.10 Å². The van der Waals surface area contributed by atoms with Gasteiger partial charge in [0, 0.05) is 12.1 Å². The maximum absolute atomic E-state index is 9.30. The smallest absolute Gasteiger partial charge is 0.0526 e. The zero-order valence-electron chi connectivity index (χ0n) is 11.2. The normalized spacial score (nSPS) is 16.5. The molecule has 0 aromatic heterocycles. The van der Waals surface area contributed by atoms with Crippen LogP contribution in [0.25, 0.3) is 0 Å². The molecule has 1 rings (SSSR count). The van der Waals surface area contributed by atoms with Gasteiger partial charge in [-0.1, -0.05) is 30.3 Å². The van der Waals surface area contributed by atoms with E-state index in [1.165, 1.54) is 5.56 Å². The van der Waals surface area contributed by atoms with E-state index in [4.69, 9.17) is 0 Å². The van der Waals surface area contributed by atoms with Gasteiger partial charge in [-0.3, -0.25) is 0 Å². The second-order valence-corrected chi connectivity index (χ2v) is 5.08. The molecule has 0 saturated heterocycles. The van der Waals surface area contributed by atoms with Crippen LogP contribution in [-0.4, -0.2) is 23.3 Å². The first-order valence-electron chi connectivity index (χ1n) is 6.56. The van der Waals surface area contributed by atoms with Crippen LogP contribution in [0.1, 0.15) is 39.2 Å². The zero-order chi connectivity index (χ0) is 12.7. The van der Waals surface area contributed by atoms with Gasteiger partial charge < -0.3 is 10.4 Å². The molecular formula is C15H25NO. The van der Waals surface area contributed by atoms with Crippen LogP contribution in [0.3, 0.4) is 0 Å². The highest BCUT2D eigenvalue weighted by Gasteiger charge is 2.09. The summed E-state index contributed by atoms with van der Waals surface area (Å²) in [5.74, 6) is 0. The number of aliphatic hydroxyl groups is 1. The molecule has 96 valence electrons. The van der Waals surface area contributed by atoms with Gasteiger partial charge in [0.15, 0.2) is 0 Å². The molecule has 1 aromatic rings. The van der Waals surface area contributed by atoms with Crippen molar-refractivity contribution in [2.75, 3.05) is 0 Å². The molecule has 0 radical (unpaired) electrons. The molecule has 0 bridgehead atoms. The molecule has 0 amide bonds. The van der Waals surface area contributed by atoms with E-state index in [0.717, 1.165) is 19.3 Å². The maximum Gasteiger partial charge on any atom is 0.0526 e. The Bertz CT molecular complexity index is 297. The first-order chi connectivity index (χ1) is 8.08. The lowest BCUT2D eigenvalue weighted by molar-refractivity contribution is 0.168. The topological polar surface area (TPSA) is 32.3 Å². The Balaban J connectivity index is 2.23. The molecule has 3 atom stereocenters. The van der Waals surface area contributed by atoms with Gasteiger partial charge in [0.25, 0.3) is 0 Å². The molecule has 0 aliphatic heterocycles. The summed E-state index contributed by atoms with van der Waals surface area (Å²) in [6.45, 7) is 6.18.